The number of fused-ring (bicyclic) bond motifs is 3. The summed E-state index contributed by atoms with van der Waals surface area (Å²) in [5, 5.41) is 15.2. The number of alkyl carbamates (subject to hydrolysis) is 1. The second kappa shape index (κ2) is 8.68. The molecule has 1 saturated heterocycles. The largest absolute Gasteiger partial charge is 0.480 e. The van der Waals surface area contributed by atoms with Gasteiger partial charge in [-0.25, -0.2) is 9.59 Å². The molecule has 8 heteroatoms. The van der Waals surface area contributed by atoms with Crippen LogP contribution in [0.4, 0.5) is 4.79 Å². The molecule has 2 amide bonds. The zero-order chi connectivity index (χ0) is 24.8. The highest BCUT2D eigenvalue weighted by molar-refractivity contribution is 5.91. The number of carbonyl (C=O) groups excluding carboxylic acids is 2. The number of nitrogens with one attached hydrogen (secondary N) is 2. The van der Waals surface area contributed by atoms with Crippen molar-refractivity contribution in [2.75, 3.05) is 19.8 Å². The van der Waals surface area contributed by atoms with Gasteiger partial charge in [0.1, 0.15) is 12.1 Å². The summed E-state index contributed by atoms with van der Waals surface area (Å²) >= 11 is 0. The molecule has 1 aliphatic heterocycles. The third-order valence-corrected chi connectivity index (χ3v) is 7.82. The molecule has 3 unspecified atom stereocenters. The van der Waals surface area contributed by atoms with Crippen molar-refractivity contribution in [3.63, 3.8) is 0 Å². The summed E-state index contributed by atoms with van der Waals surface area (Å²) in [5.74, 6) is -1.67. The molecule has 1 heterocycles. The average molecular weight is 479 g/mol. The average Bonchev–Trinajstić information content (AvgIpc) is 3.57. The lowest BCUT2D eigenvalue weighted by atomic mass is 9.82. The molecular formula is C27H30N2O6. The van der Waals surface area contributed by atoms with Gasteiger partial charge in [0, 0.05) is 5.92 Å². The minimum absolute atomic E-state index is 0.0718. The van der Waals surface area contributed by atoms with Gasteiger partial charge in [-0.2, -0.15) is 0 Å². The molecule has 184 valence electrons. The molecule has 35 heavy (non-hydrogen) atoms. The van der Waals surface area contributed by atoms with E-state index in [0.717, 1.165) is 35.1 Å². The molecule has 1 saturated carbocycles. The van der Waals surface area contributed by atoms with Crippen molar-refractivity contribution in [1.29, 1.82) is 0 Å². The Morgan fingerprint density at radius 3 is 2.26 bits per heavy atom. The minimum Gasteiger partial charge on any atom is -0.480 e. The van der Waals surface area contributed by atoms with Gasteiger partial charge >= 0.3 is 12.1 Å². The fourth-order valence-electron chi connectivity index (χ4n) is 5.25. The fraction of sp³-hybridized carbons (Fsp3) is 0.444. The van der Waals surface area contributed by atoms with Crippen molar-refractivity contribution in [3.8, 4) is 11.1 Å². The molecule has 5 rings (SSSR count). The standard InChI is InChI=1S/C27H30N2O6/c1-26(23(30)29-27(2,24(31)32)16-11-12-16)15-34-14-22(26)28-25(33)35-13-21-19-9-5-3-7-17(19)18-8-4-6-10-20(18)21/h3-10,16,21-22H,11-15H2,1-2H3,(H,28,33)(H,29,30)(H,31,32). The molecule has 3 N–H and O–H groups in total. The Bertz CT molecular complexity index is 1130. The van der Waals surface area contributed by atoms with Gasteiger partial charge in [0.25, 0.3) is 0 Å². The Balaban J connectivity index is 1.25. The van der Waals surface area contributed by atoms with Gasteiger partial charge in [-0.15, -0.1) is 0 Å². The second-order valence-electron chi connectivity index (χ2n) is 10.2. The lowest BCUT2D eigenvalue weighted by molar-refractivity contribution is -0.150. The van der Waals surface area contributed by atoms with Gasteiger partial charge in [-0.3, -0.25) is 4.79 Å². The first-order chi connectivity index (χ1) is 16.7. The maximum Gasteiger partial charge on any atom is 0.407 e. The van der Waals surface area contributed by atoms with E-state index in [9.17, 15) is 19.5 Å². The number of carbonyl (C=O) groups is 3. The Kier molecular flexibility index (Phi) is 5.79. The topological polar surface area (TPSA) is 114 Å². The van der Waals surface area contributed by atoms with Crippen molar-refractivity contribution in [3.05, 3.63) is 59.7 Å². The van der Waals surface area contributed by atoms with Crippen LogP contribution >= 0.6 is 0 Å². The zero-order valence-electron chi connectivity index (χ0n) is 19.9. The van der Waals surface area contributed by atoms with Crippen LogP contribution in [0.25, 0.3) is 11.1 Å². The number of carboxylic acid groups (broad SMARTS) is 1. The number of hydrogen-bond acceptors (Lipinski definition) is 5. The minimum atomic E-state index is -1.34. The van der Waals surface area contributed by atoms with E-state index in [2.05, 4.69) is 22.8 Å². The van der Waals surface area contributed by atoms with Crippen LogP contribution in [0, 0.1) is 11.3 Å². The van der Waals surface area contributed by atoms with Gasteiger partial charge in [0.15, 0.2) is 0 Å². The number of hydrogen-bond donors (Lipinski definition) is 3. The van der Waals surface area contributed by atoms with Crippen LogP contribution in [0.5, 0.6) is 0 Å². The third-order valence-electron chi connectivity index (χ3n) is 7.82. The number of benzene rings is 2. The van der Waals surface area contributed by atoms with E-state index in [1.165, 1.54) is 6.92 Å². The lowest BCUT2D eigenvalue weighted by Gasteiger charge is -2.34. The Hall–Kier alpha value is -3.39. The Labute approximate surface area is 204 Å². The molecule has 2 aromatic rings. The lowest BCUT2D eigenvalue weighted by Crippen LogP contribution is -2.61. The van der Waals surface area contributed by atoms with Crippen molar-refractivity contribution in [2.24, 2.45) is 11.3 Å². The highest BCUT2D eigenvalue weighted by atomic mass is 16.5. The van der Waals surface area contributed by atoms with Gasteiger partial charge in [0.2, 0.25) is 5.91 Å². The quantitative estimate of drug-likeness (QED) is 0.563. The number of ether oxygens (including phenoxy) is 2. The predicted octanol–water partition coefficient (Wildman–Crippen LogP) is 3.30. The molecule has 3 aliphatic rings. The molecule has 2 fully saturated rings. The van der Waals surface area contributed by atoms with E-state index >= 15 is 0 Å². The smallest absolute Gasteiger partial charge is 0.407 e. The molecule has 0 spiro atoms. The zero-order valence-corrected chi connectivity index (χ0v) is 19.9. The Morgan fingerprint density at radius 1 is 1.09 bits per heavy atom. The van der Waals surface area contributed by atoms with Crippen LogP contribution in [0.2, 0.25) is 0 Å². The summed E-state index contributed by atoms with van der Waals surface area (Å²) < 4.78 is 11.2. The van der Waals surface area contributed by atoms with E-state index in [0.29, 0.717) is 0 Å². The van der Waals surface area contributed by atoms with Crippen LogP contribution in [-0.4, -0.2) is 54.5 Å². The first kappa shape index (κ1) is 23.4. The summed E-state index contributed by atoms with van der Waals surface area (Å²) in [6.45, 7) is 3.60. The fourth-order valence-corrected chi connectivity index (χ4v) is 5.25. The third kappa shape index (κ3) is 4.05. The summed E-state index contributed by atoms with van der Waals surface area (Å²) in [5.41, 5.74) is 2.06. The predicted molar refractivity (Wildman–Crippen MR) is 128 cm³/mol. The maximum absolute atomic E-state index is 13.2. The monoisotopic (exact) mass is 478 g/mol. The number of amides is 2. The van der Waals surface area contributed by atoms with Crippen LogP contribution in [0.1, 0.15) is 43.7 Å². The van der Waals surface area contributed by atoms with Crippen LogP contribution in [-0.2, 0) is 19.1 Å². The molecule has 3 atom stereocenters. The van der Waals surface area contributed by atoms with Crippen LogP contribution in [0.3, 0.4) is 0 Å². The van der Waals surface area contributed by atoms with E-state index in [1.807, 2.05) is 36.4 Å². The Morgan fingerprint density at radius 2 is 1.69 bits per heavy atom. The van der Waals surface area contributed by atoms with E-state index in [-0.39, 0.29) is 31.7 Å². The van der Waals surface area contributed by atoms with Crippen molar-refractivity contribution in [1.82, 2.24) is 10.6 Å². The first-order valence-corrected chi connectivity index (χ1v) is 12.0. The summed E-state index contributed by atoms with van der Waals surface area (Å²) in [6, 6.07) is 15.5. The van der Waals surface area contributed by atoms with E-state index in [1.54, 1.807) is 6.92 Å². The summed E-state index contributed by atoms with van der Waals surface area (Å²) in [7, 11) is 0. The van der Waals surface area contributed by atoms with Gasteiger partial charge in [-0.05, 0) is 54.9 Å². The normalized spacial score (nSPS) is 24.7. The molecule has 2 aromatic carbocycles. The molecule has 2 aliphatic carbocycles. The molecule has 0 radical (unpaired) electrons. The maximum atomic E-state index is 13.2. The molecule has 0 bridgehead atoms. The number of carboxylic acids is 1. The number of aliphatic carboxylic acids is 1. The second-order valence-corrected chi connectivity index (χ2v) is 10.2. The van der Waals surface area contributed by atoms with Gasteiger partial charge in [0.05, 0.1) is 24.7 Å². The summed E-state index contributed by atoms with van der Waals surface area (Å²) in [6.07, 6.45) is 0.889. The van der Waals surface area contributed by atoms with Gasteiger partial charge in [-0.1, -0.05) is 48.5 Å². The highest BCUT2D eigenvalue weighted by Gasteiger charge is 2.54. The van der Waals surface area contributed by atoms with Crippen LogP contribution < -0.4 is 10.6 Å². The van der Waals surface area contributed by atoms with E-state index in [4.69, 9.17) is 9.47 Å². The van der Waals surface area contributed by atoms with Crippen LogP contribution in [0.15, 0.2) is 48.5 Å². The molecule has 0 aromatic heterocycles. The van der Waals surface area contributed by atoms with E-state index < -0.39 is 35.0 Å². The summed E-state index contributed by atoms with van der Waals surface area (Å²) in [4.78, 5) is 37.9. The van der Waals surface area contributed by atoms with Crippen molar-refractivity contribution < 1.29 is 29.0 Å². The SMILES string of the molecule is CC1(C(=O)NC(C)(C(=O)O)C2CC2)COCC1NC(=O)OCC1c2ccccc2-c2ccccc21. The molecule has 8 nitrogen and oxygen atoms in total. The molecular weight excluding hydrogens is 448 g/mol. The van der Waals surface area contributed by atoms with Crippen molar-refractivity contribution in [2.45, 2.75) is 44.2 Å². The number of rotatable bonds is 7. The van der Waals surface area contributed by atoms with Crippen molar-refractivity contribution >= 4 is 18.0 Å². The highest BCUT2D eigenvalue weighted by Crippen LogP contribution is 2.44. The van der Waals surface area contributed by atoms with Gasteiger partial charge < -0.3 is 25.2 Å². The first-order valence-electron chi connectivity index (χ1n) is 12.0.